The van der Waals surface area contributed by atoms with E-state index in [1.54, 1.807) is 13.4 Å². The number of ether oxygens (including phenoxy) is 1. The first-order valence-electron chi connectivity index (χ1n) is 5.42. The molecule has 0 fully saturated rings. The second-order valence-corrected chi connectivity index (χ2v) is 3.89. The number of likely N-dealkylation sites (N-methyl/N-ethyl adjacent to an activating group) is 1. The van der Waals surface area contributed by atoms with Crippen molar-refractivity contribution in [3.8, 4) is 0 Å². The number of anilines is 2. The number of aromatic nitrogens is 2. The van der Waals surface area contributed by atoms with Gasteiger partial charge in [0.25, 0.3) is 0 Å². The van der Waals surface area contributed by atoms with Crippen LogP contribution in [0.3, 0.4) is 0 Å². The van der Waals surface area contributed by atoms with E-state index in [2.05, 4.69) is 9.97 Å². The minimum absolute atomic E-state index is 0.664. The van der Waals surface area contributed by atoms with Crippen LogP contribution < -0.4 is 10.6 Å². The van der Waals surface area contributed by atoms with Gasteiger partial charge in [-0.15, -0.1) is 0 Å². The Hall–Kier alpha value is -1.88. The molecule has 0 saturated carbocycles. The molecule has 0 atom stereocenters. The molecule has 0 bridgehead atoms. The zero-order valence-corrected chi connectivity index (χ0v) is 10.1. The molecule has 0 unspecified atom stereocenters. The van der Waals surface area contributed by atoms with Crippen LogP contribution in [0.2, 0.25) is 0 Å². The van der Waals surface area contributed by atoms with Gasteiger partial charge in [-0.25, -0.2) is 9.97 Å². The van der Waals surface area contributed by atoms with Crippen LogP contribution in [0.15, 0.2) is 24.5 Å². The van der Waals surface area contributed by atoms with Crippen molar-refractivity contribution in [2.45, 2.75) is 0 Å². The van der Waals surface area contributed by atoms with Crippen LogP contribution in [0.1, 0.15) is 0 Å². The fourth-order valence-corrected chi connectivity index (χ4v) is 1.70. The highest BCUT2D eigenvalue weighted by atomic mass is 16.5. The monoisotopic (exact) mass is 232 g/mol. The Kier molecular flexibility index (Phi) is 3.39. The Bertz CT molecular complexity index is 515. The number of hydrogen-bond donors (Lipinski definition) is 1. The standard InChI is InChI=1S/C12H16N4O/c1-16(5-6-17-2)12-10-4-3-9(13)7-11(10)14-8-15-12/h3-4,7-8H,5-6,13H2,1-2H3. The van der Waals surface area contributed by atoms with Gasteiger partial charge in [0.1, 0.15) is 12.1 Å². The van der Waals surface area contributed by atoms with Crippen LogP contribution in [0.4, 0.5) is 11.5 Å². The fourth-order valence-electron chi connectivity index (χ4n) is 1.70. The maximum Gasteiger partial charge on any atom is 0.139 e. The van der Waals surface area contributed by atoms with Gasteiger partial charge in [-0.3, -0.25) is 0 Å². The highest BCUT2D eigenvalue weighted by Gasteiger charge is 2.08. The van der Waals surface area contributed by atoms with Crippen molar-refractivity contribution in [2.24, 2.45) is 0 Å². The molecule has 0 aliphatic rings. The maximum atomic E-state index is 5.74. The topological polar surface area (TPSA) is 64.3 Å². The Morgan fingerprint density at radius 1 is 1.35 bits per heavy atom. The fraction of sp³-hybridized carbons (Fsp3) is 0.333. The molecule has 0 spiro atoms. The lowest BCUT2D eigenvalue weighted by Gasteiger charge is -2.18. The molecule has 2 N–H and O–H groups in total. The van der Waals surface area contributed by atoms with Gasteiger partial charge in [-0.2, -0.15) is 0 Å². The van der Waals surface area contributed by atoms with E-state index in [0.717, 1.165) is 23.3 Å². The molecule has 1 aromatic heterocycles. The molecule has 0 aliphatic heterocycles. The number of fused-ring (bicyclic) bond motifs is 1. The summed E-state index contributed by atoms with van der Waals surface area (Å²) in [5, 5.41) is 1.00. The average molecular weight is 232 g/mol. The third-order valence-electron chi connectivity index (χ3n) is 2.63. The minimum Gasteiger partial charge on any atom is -0.399 e. The number of nitrogens with two attached hydrogens (primary N) is 1. The largest absolute Gasteiger partial charge is 0.399 e. The van der Waals surface area contributed by atoms with Crippen molar-refractivity contribution < 1.29 is 4.74 Å². The van der Waals surface area contributed by atoms with E-state index in [1.807, 2.05) is 30.1 Å². The molecule has 90 valence electrons. The van der Waals surface area contributed by atoms with Gasteiger partial charge < -0.3 is 15.4 Å². The molecule has 0 amide bonds. The summed E-state index contributed by atoms with van der Waals surface area (Å²) >= 11 is 0. The highest BCUT2D eigenvalue weighted by Crippen LogP contribution is 2.23. The van der Waals surface area contributed by atoms with Crippen LogP contribution in [0, 0.1) is 0 Å². The number of rotatable bonds is 4. The molecular weight excluding hydrogens is 216 g/mol. The first-order chi connectivity index (χ1) is 8.22. The second kappa shape index (κ2) is 4.97. The van der Waals surface area contributed by atoms with E-state index in [-0.39, 0.29) is 0 Å². The van der Waals surface area contributed by atoms with Crippen LogP contribution >= 0.6 is 0 Å². The predicted molar refractivity (Wildman–Crippen MR) is 69.1 cm³/mol. The van der Waals surface area contributed by atoms with Crippen molar-refractivity contribution in [1.82, 2.24) is 9.97 Å². The molecule has 17 heavy (non-hydrogen) atoms. The molecule has 2 aromatic rings. The third kappa shape index (κ3) is 2.45. The van der Waals surface area contributed by atoms with Crippen molar-refractivity contribution in [2.75, 3.05) is 37.9 Å². The Morgan fingerprint density at radius 2 is 2.18 bits per heavy atom. The molecule has 5 heteroatoms. The number of methoxy groups -OCH3 is 1. The zero-order chi connectivity index (χ0) is 12.3. The van der Waals surface area contributed by atoms with Gasteiger partial charge in [-0.05, 0) is 18.2 Å². The minimum atomic E-state index is 0.664. The van der Waals surface area contributed by atoms with Crippen LogP contribution in [-0.4, -0.2) is 37.3 Å². The summed E-state index contributed by atoms with van der Waals surface area (Å²) in [4.78, 5) is 10.6. The Balaban J connectivity index is 2.40. The van der Waals surface area contributed by atoms with Gasteiger partial charge in [0.05, 0.1) is 12.1 Å². The maximum absolute atomic E-state index is 5.74. The van der Waals surface area contributed by atoms with E-state index >= 15 is 0 Å². The summed E-state index contributed by atoms with van der Waals surface area (Å²) in [6, 6.07) is 5.66. The Labute approximate surface area is 100 Å². The molecule has 1 aromatic carbocycles. The number of benzene rings is 1. The number of hydrogen-bond acceptors (Lipinski definition) is 5. The van der Waals surface area contributed by atoms with E-state index in [0.29, 0.717) is 12.3 Å². The third-order valence-corrected chi connectivity index (χ3v) is 2.63. The SMILES string of the molecule is COCCN(C)c1ncnc2cc(N)ccc12. The van der Waals surface area contributed by atoms with E-state index in [9.17, 15) is 0 Å². The van der Waals surface area contributed by atoms with Gasteiger partial charge in [-0.1, -0.05) is 0 Å². The van der Waals surface area contributed by atoms with Crippen LogP contribution in [0.25, 0.3) is 10.9 Å². The summed E-state index contributed by atoms with van der Waals surface area (Å²) in [7, 11) is 3.67. The van der Waals surface area contributed by atoms with Gasteiger partial charge >= 0.3 is 0 Å². The summed E-state index contributed by atoms with van der Waals surface area (Å²) in [5.41, 5.74) is 7.31. The Morgan fingerprint density at radius 3 is 2.94 bits per heavy atom. The van der Waals surface area contributed by atoms with Gasteiger partial charge in [0.2, 0.25) is 0 Å². The normalized spacial score (nSPS) is 10.7. The molecule has 0 saturated heterocycles. The number of nitrogen functional groups attached to an aromatic ring is 1. The summed E-state index contributed by atoms with van der Waals surface area (Å²) in [5.74, 6) is 0.895. The molecule has 0 aliphatic carbocycles. The van der Waals surface area contributed by atoms with Crippen LogP contribution in [-0.2, 0) is 4.74 Å². The molecule has 5 nitrogen and oxygen atoms in total. The van der Waals surface area contributed by atoms with E-state index < -0.39 is 0 Å². The summed E-state index contributed by atoms with van der Waals surface area (Å²) < 4.78 is 5.06. The number of nitrogens with zero attached hydrogens (tertiary/aromatic N) is 3. The lowest BCUT2D eigenvalue weighted by Crippen LogP contribution is -2.23. The van der Waals surface area contributed by atoms with Crippen molar-refractivity contribution in [1.29, 1.82) is 0 Å². The zero-order valence-electron chi connectivity index (χ0n) is 10.1. The smallest absolute Gasteiger partial charge is 0.139 e. The van der Waals surface area contributed by atoms with Gasteiger partial charge in [0, 0.05) is 31.8 Å². The summed E-state index contributed by atoms with van der Waals surface area (Å²) in [6.07, 6.45) is 1.56. The van der Waals surface area contributed by atoms with Gasteiger partial charge in [0.15, 0.2) is 0 Å². The highest BCUT2D eigenvalue weighted by molar-refractivity contribution is 5.91. The van der Waals surface area contributed by atoms with Crippen molar-refractivity contribution >= 4 is 22.4 Å². The lowest BCUT2D eigenvalue weighted by atomic mass is 10.2. The predicted octanol–water partition coefficient (Wildman–Crippen LogP) is 1.29. The van der Waals surface area contributed by atoms with Crippen molar-refractivity contribution in [3.63, 3.8) is 0 Å². The van der Waals surface area contributed by atoms with E-state index in [1.165, 1.54) is 0 Å². The lowest BCUT2D eigenvalue weighted by molar-refractivity contribution is 0.206. The first-order valence-corrected chi connectivity index (χ1v) is 5.42. The first kappa shape index (κ1) is 11.6. The van der Waals surface area contributed by atoms with Crippen molar-refractivity contribution in [3.05, 3.63) is 24.5 Å². The molecule has 2 rings (SSSR count). The second-order valence-electron chi connectivity index (χ2n) is 3.89. The van der Waals surface area contributed by atoms with E-state index in [4.69, 9.17) is 10.5 Å². The molecule has 1 heterocycles. The molecule has 0 radical (unpaired) electrons. The quantitative estimate of drug-likeness (QED) is 0.805. The molecular formula is C12H16N4O. The average Bonchev–Trinajstić information content (AvgIpc) is 2.34. The summed E-state index contributed by atoms with van der Waals surface area (Å²) in [6.45, 7) is 1.45. The van der Waals surface area contributed by atoms with Crippen LogP contribution in [0.5, 0.6) is 0 Å².